The van der Waals surface area contributed by atoms with Crippen molar-refractivity contribution < 1.29 is 5.11 Å². The number of nitrogens with one attached hydrogen (secondary N) is 1. The first-order valence-corrected chi connectivity index (χ1v) is 10.4. The minimum absolute atomic E-state index is 0.139. The molecule has 31 heavy (non-hydrogen) atoms. The molecular weight excluding hydrogens is 390 g/mol. The molecule has 0 saturated carbocycles. The van der Waals surface area contributed by atoms with Crippen molar-refractivity contribution >= 4 is 28.4 Å². The van der Waals surface area contributed by atoms with Gasteiger partial charge in [0.1, 0.15) is 0 Å². The lowest BCUT2D eigenvalue weighted by molar-refractivity contribution is 0.145. The predicted molar refractivity (Wildman–Crippen MR) is 122 cm³/mol. The summed E-state index contributed by atoms with van der Waals surface area (Å²) in [5, 5.41) is 13.7. The molecule has 5 rings (SSSR count). The molecule has 4 aromatic rings. The van der Waals surface area contributed by atoms with Crippen molar-refractivity contribution in [2.45, 2.75) is 18.9 Å². The van der Waals surface area contributed by atoms with Gasteiger partial charge in [0.25, 0.3) is 5.56 Å². The fraction of sp³-hybridized carbons (Fsp3) is 0.208. The van der Waals surface area contributed by atoms with E-state index in [0.717, 1.165) is 48.4 Å². The maximum Gasteiger partial charge on any atom is 0.256 e. The molecule has 1 aliphatic rings. The third-order valence-corrected chi connectivity index (χ3v) is 5.60. The molecule has 2 N–H and O–H groups in total. The van der Waals surface area contributed by atoms with Crippen molar-refractivity contribution in [1.82, 2.24) is 14.5 Å². The van der Waals surface area contributed by atoms with E-state index in [1.165, 1.54) is 6.07 Å². The van der Waals surface area contributed by atoms with E-state index in [1.54, 1.807) is 16.8 Å². The fourth-order valence-corrected chi connectivity index (χ4v) is 3.91. The van der Waals surface area contributed by atoms with Crippen LogP contribution >= 0.6 is 0 Å². The molecule has 0 amide bonds. The zero-order chi connectivity index (χ0) is 21.2. The molecule has 0 radical (unpaired) electrons. The summed E-state index contributed by atoms with van der Waals surface area (Å²) in [5.41, 5.74) is 3.18. The van der Waals surface area contributed by atoms with Crippen LogP contribution in [0.15, 0.2) is 77.7 Å². The average molecular weight is 413 g/mol. The Morgan fingerprint density at radius 1 is 0.903 bits per heavy atom. The third kappa shape index (κ3) is 4.00. The predicted octanol–water partition coefficient (Wildman–Crippen LogP) is 3.49. The first-order chi connectivity index (χ1) is 15.2. The van der Waals surface area contributed by atoms with Crippen molar-refractivity contribution in [2.24, 2.45) is 0 Å². The number of para-hydroxylation sites is 1. The number of pyridine rings is 1. The van der Waals surface area contributed by atoms with E-state index in [4.69, 9.17) is 0 Å². The zero-order valence-electron chi connectivity index (χ0n) is 17.0. The van der Waals surface area contributed by atoms with Gasteiger partial charge in [-0.1, -0.05) is 18.2 Å². The molecule has 7 heteroatoms. The molecule has 7 nitrogen and oxygen atoms in total. The van der Waals surface area contributed by atoms with E-state index in [0.29, 0.717) is 11.6 Å². The highest BCUT2D eigenvalue weighted by Crippen LogP contribution is 2.24. The van der Waals surface area contributed by atoms with Crippen LogP contribution in [0.3, 0.4) is 0 Å². The second kappa shape index (κ2) is 8.20. The monoisotopic (exact) mass is 413 g/mol. The molecular formula is C24H23N5O2. The van der Waals surface area contributed by atoms with Crippen LogP contribution in [0.5, 0.6) is 0 Å². The maximum atomic E-state index is 12.6. The van der Waals surface area contributed by atoms with Gasteiger partial charge in [-0.05, 0) is 55.3 Å². The van der Waals surface area contributed by atoms with Crippen LogP contribution in [-0.2, 0) is 0 Å². The number of aliphatic hydroxyl groups excluding tert-OH is 1. The normalized spacial score (nSPS) is 14.7. The summed E-state index contributed by atoms with van der Waals surface area (Å²) >= 11 is 0. The Morgan fingerprint density at radius 2 is 1.65 bits per heavy atom. The van der Waals surface area contributed by atoms with E-state index in [-0.39, 0.29) is 11.7 Å². The number of rotatable bonds is 4. The highest BCUT2D eigenvalue weighted by Gasteiger charge is 2.17. The first kappa shape index (κ1) is 19.3. The van der Waals surface area contributed by atoms with Crippen LogP contribution in [-0.4, -0.2) is 38.8 Å². The Labute approximate surface area is 179 Å². The Kier molecular flexibility index (Phi) is 5.09. The van der Waals surface area contributed by atoms with Crippen molar-refractivity contribution in [1.29, 1.82) is 0 Å². The van der Waals surface area contributed by atoms with Crippen LogP contribution in [0.1, 0.15) is 12.8 Å². The van der Waals surface area contributed by atoms with Gasteiger partial charge in [-0.3, -0.25) is 9.36 Å². The summed E-state index contributed by atoms with van der Waals surface area (Å²) in [7, 11) is 0. The maximum absolute atomic E-state index is 12.6. The summed E-state index contributed by atoms with van der Waals surface area (Å²) in [6, 6.07) is 20.8. The molecule has 1 aliphatic heterocycles. The summed E-state index contributed by atoms with van der Waals surface area (Å²) in [4.78, 5) is 23.9. The molecule has 0 bridgehead atoms. The first-order valence-electron chi connectivity index (χ1n) is 10.4. The molecule has 0 aliphatic carbocycles. The van der Waals surface area contributed by atoms with Gasteiger partial charge in [0.05, 0.1) is 11.8 Å². The number of benzene rings is 2. The highest BCUT2D eigenvalue weighted by molar-refractivity contribution is 5.77. The van der Waals surface area contributed by atoms with Gasteiger partial charge in [-0.2, -0.15) is 4.98 Å². The van der Waals surface area contributed by atoms with E-state index < -0.39 is 0 Å². The number of hydrogen-bond donors (Lipinski definition) is 2. The van der Waals surface area contributed by atoms with Gasteiger partial charge in [-0.15, -0.1) is 0 Å². The summed E-state index contributed by atoms with van der Waals surface area (Å²) in [6.45, 7) is 1.72. The number of nitrogens with zero attached hydrogens (tertiary/aromatic N) is 4. The quantitative estimate of drug-likeness (QED) is 0.533. The molecule has 3 heterocycles. The Hall–Kier alpha value is -3.71. The molecule has 0 unspecified atom stereocenters. The second-order valence-corrected chi connectivity index (χ2v) is 7.71. The molecule has 1 fully saturated rings. The lowest BCUT2D eigenvalue weighted by Crippen LogP contribution is -2.35. The minimum atomic E-state index is -0.185. The van der Waals surface area contributed by atoms with Crippen LogP contribution in [0.2, 0.25) is 0 Å². The van der Waals surface area contributed by atoms with Gasteiger partial charge in [0, 0.05) is 42.1 Å². The number of aliphatic hydroxyl groups is 1. The lowest BCUT2D eigenvalue weighted by Gasteiger charge is -2.31. The zero-order valence-corrected chi connectivity index (χ0v) is 17.0. The van der Waals surface area contributed by atoms with Crippen LogP contribution in [0.25, 0.3) is 16.7 Å². The Balaban J connectivity index is 1.43. The van der Waals surface area contributed by atoms with Crippen LogP contribution in [0, 0.1) is 0 Å². The standard InChI is InChI=1S/C24H23N5O2/c30-21-12-14-28(15-13-21)19-9-7-18(8-10-19)26-24-25-16-17-6-11-22(31)29(23(17)27-24)20-4-2-1-3-5-20/h1-11,16,21,30H,12-15H2,(H,25,26,27). The molecule has 156 valence electrons. The number of piperidine rings is 1. The molecule has 1 saturated heterocycles. The van der Waals surface area contributed by atoms with Gasteiger partial charge in [0.15, 0.2) is 5.65 Å². The molecule has 2 aromatic heterocycles. The SMILES string of the molecule is O=c1ccc2cnc(Nc3ccc(N4CCC(O)CC4)cc3)nc2n1-c1ccccc1. The molecule has 0 atom stereocenters. The van der Waals surface area contributed by atoms with E-state index in [1.807, 2.05) is 42.5 Å². The van der Waals surface area contributed by atoms with Crippen LogP contribution in [0.4, 0.5) is 17.3 Å². The number of aromatic nitrogens is 3. The van der Waals surface area contributed by atoms with Gasteiger partial charge in [0.2, 0.25) is 5.95 Å². The molecule has 2 aromatic carbocycles. The third-order valence-electron chi connectivity index (χ3n) is 5.60. The smallest absolute Gasteiger partial charge is 0.256 e. The van der Waals surface area contributed by atoms with Crippen molar-refractivity contribution in [2.75, 3.05) is 23.3 Å². The number of anilines is 3. The minimum Gasteiger partial charge on any atom is -0.393 e. The summed E-state index contributed by atoms with van der Waals surface area (Å²) in [6.07, 6.45) is 3.13. The van der Waals surface area contributed by atoms with E-state index in [9.17, 15) is 9.90 Å². The van der Waals surface area contributed by atoms with Gasteiger partial charge in [-0.25, -0.2) is 4.98 Å². The second-order valence-electron chi connectivity index (χ2n) is 7.71. The largest absolute Gasteiger partial charge is 0.393 e. The van der Waals surface area contributed by atoms with E-state index in [2.05, 4.69) is 32.3 Å². The van der Waals surface area contributed by atoms with Crippen molar-refractivity contribution in [3.8, 4) is 5.69 Å². The Morgan fingerprint density at radius 3 is 2.39 bits per heavy atom. The number of fused-ring (bicyclic) bond motifs is 1. The lowest BCUT2D eigenvalue weighted by atomic mass is 10.1. The average Bonchev–Trinajstić information content (AvgIpc) is 2.81. The van der Waals surface area contributed by atoms with Crippen molar-refractivity contribution in [3.05, 3.63) is 83.3 Å². The summed E-state index contributed by atoms with van der Waals surface area (Å²) in [5.74, 6) is 0.427. The Bertz CT molecular complexity index is 1250. The fourth-order valence-electron chi connectivity index (χ4n) is 3.91. The highest BCUT2D eigenvalue weighted by atomic mass is 16.3. The van der Waals surface area contributed by atoms with Gasteiger partial charge < -0.3 is 15.3 Å². The van der Waals surface area contributed by atoms with Crippen LogP contribution < -0.4 is 15.8 Å². The van der Waals surface area contributed by atoms with Gasteiger partial charge >= 0.3 is 0 Å². The summed E-state index contributed by atoms with van der Waals surface area (Å²) < 4.78 is 1.59. The van der Waals surface area contributed by atoms with Crippen molar-refractivity contribution in [3.63, 3.8) is 0 Å². The van der Waals surface area contributed by atoms with E-state index >= 15 is 0 Å². The molecule has 0 spiro atoms. The topological polar surface area (TPSA) is 83.3 Å². The number of hydrogen-bond acceptors (Lipinski definition) is 6.